The summed E-state index contributed by atoms with van der Waals surface area (Å²) in [7, 11) is 0. The molecule has 2 heterocycles. The van der Waals surface area contributed by atoms with Crippen LogP contribution in [0, 0.1) is 0 Å². The lowest BCUT2D eigenvalue weighted by Crippen LogP contribution is -2.30. The molecule has 0 atom stereocenters. The number of hydrogen-bond donors (Lipinski definition) is 1. The predicted molar refractivity (Wildman–Crippen MR) is 166 cm³/mol. The molecule has 0 aliphatic rings. The number of rotatable bonds is 14. The van der Waals surface area contributed by atoms with Gasteiger partial charge in [-0.3, -0.25) is 4.98 Å². The summed E-state index contributed by atoms with van der Waals surface area (Å²) in [5.41, 5.74) is 5.30. The van der Waals surface area contributed by atoms with Crippen molar-refractivity contribution in [3.05, 3.63) is 101 Å². The van der Waals surface area contributed by atoms with Crippen LogP contribution in [0.25, 0.3) is 10.4 Å². The van der Waals surface area contributed by atoms with Crippen LogP contribution in [0.5, 0.6) is 5.75 Å². The molecule has 2 aromatic carbocycles. The summed E-state index contributed by atoms with van der Waals surface area (Å²) >= 11 is 1.68. The average Bonchev–Trinajstić information content (AvgIpc) is 3.44. The monoisotopic (exact) mass is 556 g/mol. The smallest absolute Gasteiger partial charge is 0.337 e. The fourth-order valence-corrected chi connectivity index (χ4v) is 5.96. The van der Waals surface area contributed by atoms with Crippen molar-refractivity contribution in [3.63, 3.8) is 0 Å². The molecule has 210 valence electrons. The Kier molecular flexibility index (Phi) is 10.4. The summed E-state index contributed by atoms with van der Waals surface area (Å²) in [4.78, 5) is 19.8. The second kappa shape index (κ2) is 14.1. The highest BCUT2D eigenvalue weighted by Gasteiger charge is 2.15. The van der Waals surface area contributed by atoms with Crippen LogP contribution in [0.3, 0.4) is 0 Å². The number of hydrogen-bond acceptors (Lipinski definition) is 5. The first-order chi connectivity index (χ1) is 19.4. The highest BCUT2D eigenvalue weighted by molar-refractivity contribution is 7.15. The Morgan fingerprint density at radius 3 is 2.27 bits per heavy atom. The van der Waals surface area contributed by atoms with Gasteiger partial charge < -0.3 is 14.7 Å². The summed E-state index contributed by atoms with van der Waals surface area (Å²) in [6, 6.07) is 24.1. The Labute approximate surface area is 242 Å². The van der Waals surface area contributed by atoms with E-state index < -0.39 is 5.97 Å². The lowest BCUT2D eigenvalue weighted by molar-refractivity contribution is 0.0696. The van der Waals surface area contributed by atoms with Crippen LogP contribution in [0.2, 0.25) is 0 Å². The molecule has 0 unspecified atom stereocenters. The van der Waals surface area contributed by atoms with Gasteiger partial charge in [-0.2, -0.15) is 0 Å². The highest BCUT2D eigenvalue weighted by Crippen LogP contribution is 2.31. The first kappa shape index (κ1) is 29.3. The van der Waals surface area contributed by atoms with Crippen molar-refractivity contribution < 1.29 is 14.6 Å². The minimum Gasteiger partial charge on any atom is -0.486 e. The normalized spacial score (nSPS) is 11.2. The number of aromatic nitrogens is 1. The van der Waals surface area contributed by atoms with E-state index >= 15 is 0 Å². The van der Waals surface area contributed by atoms with Crippen molar-refractivity contribution in [2.45, 2.75) is 78.5 Å². The van der Waals surface area contributed by atoms with E-state index in [0.717, 1.165) is 11.4 Å². The molecule has 40 heavy (non-hydrogen) atoms. The molecule has 0 radical (unpaired) electrons. The number of thiophene rings is 1. The molecule has 2 aromatic heterocycles. The van der Waals surface area contributed by atoms with Crippen molar-refractivity contribution >= 4 is 23.0 Å². The topological polar surface area (TPSA) is 62.7 Å². The minimum absolute atomic E-state index is 0.116. The third-order valence-electron chi connectivity index (χ3n) is 7.19. The first-order valence-corrected chi connectivity index (χ1v) is 15.0. The van der Waals surface area contributed by atoms with E-state index in [1.54, 1.807) is 11.3 Å². The zero-order chi connectivity index (χ0) is 28.5. The van der Waals surface area contributed by atoms with E-state index in [1.807, 2.05) is 0 Å². The van der Waals surface area contributed by atoms with Crippen molar-refractivity contribution in [1.29, 1.82) is 0 Å². The molecule has 1 N–H and O–H groups in total. The standard InChI is InChI=1S/C34H40N2O3S/c1-5-7-26(8-6-2)27-13-15-30(16-14-27)36(24(3)4)22-25-9-11-28(12-10-25)33-18-17-32(40-33)23-39-31-19-29(34(37)38)20-35-21-31/h9-21,24,26H,5-8,22-23H2,1-4H3,(H,37,38). The maximum absolute atomic E-state index is 11.2. The number of carbonyl (C=O) groups is 1. The highest BCUT2D eigenvalue weighted by atomic mass is 32.1. The average molecular weight is 557 g/mol. The number of nitrogens with zero attached hydrogens (tertiary/aromatic N) is 2. The summed E-state index contributed by atoms with van der Waals surface area (Å²) in [6.45, 7) is 10.3. The minimum atomic E-state index is -1.02. The van der Waals surface area contributed by atoms with Gasteiger partial charge in [0.1, 0.15) is 12.4 Å². The van der Waals surface area contributed by atoms with Crippen LogP contribution in [0.1, 0.15) is 85.7 Å². The number of anilines is 1. The number of aromatic carboxylic acids is 1. The molecule has 0 spiro atoms. The third-order valence-corrected chi connectivity index (χ3v) is 8.30. The molecule has 0 bridgehead atoms. The van der Waals surface area contributed by atoms with Gasteiger partial charge in [0, 0.05) is 34.2 Å². The molecule has 4 rings (SSSR count). The molecular formula is C34H40N2O3S. The Hall–Kier alpha value is -3.64. The molecule has 4 aromatic rings. The predicted octanol–water partition coefficient (Wildman–Crippen LogP) is 9.19. The van der Waals surface area contributed by atoms with Crippen LogP contribution in [-0.4, -0.2) is 22.1 Å². The lowest BCUT2D eigenvalue weighted by Gasteiger charge is -2.30. The van der Waals surface area contributed by atoms with E-state index in [2.05, 4.69) is 98.2 Å². The molecule has 0 amide bonds. The van der Waals surface area contributed by atoms with E-state index in [9.17, 15) is 4.79 Å². The quantitative estimate of drug-likeness (QED) is 0.168. The molecule has 0 saturated carbocycles. The first-order valence-electron chi connectivity index (χ1n) is 14.2. The van der Waals surface area contributed by atoms with Crippen LogP contribution in [-0.2, 0) is 13.2 Å². The number of pyridine rings is 1. The third kappa shape index (κ3) is 7.72. The van der Waals surface area contributed by atoms with E-state index in [0.29, 0.717) is 24.3 Å². The van der Waals surface area contributed by atoms with Crippen LogP contribution < -0.4 is 9.64 Å². The number of carboxylic acids is 1. The van der Waals surface area contributed by atoms with Gasteiger partial charge in [0.15, 0.2) is 0 Å². The van der Waals surface area contributed by atoms with Gasteiger partial charge in [0.2, 0.25) is 0 Å². The lowest BCUT2D eigenvalue weighted by atomic mass is 9.90. The zero-order valence-corrected chi connectivity index (χ0v) is 24.8. The van der Waals surface area contributed by atoms with Crippen LogP contribution in [0.4, 0.5) is 5.69 Å². The largest absolute Gasteiger partial charge is 0.486 e. The second-order valence-electron chi connectivity index (χ2n) is 10.6. The Morgan fingerprint density at radius 1 is 0.950 bits per heavy atom. The zero-order valence-electron chi connectivity index (χ0n) is 24.0. The molecule has 6 heteroatoms. The van der Waals surface area contributed by atoms with Gasteiger partial charge in [-0.25, -0.2) is 4.79 Å². The Bertz CT molecular complexity index is 1360. The molecule has 5 nitrogen and oxygen atoms in total. The SMILES string of the molecule is CCCC(CCC)c1ccc(N(Cc2ccc(-c3ccc(COc4cncc(C(=O)O)c4)s3)cc2)C(C)C)cc1. The maximum atomic E-state index is 11.2. The van der Waals surface area contributed by atoms with Gasteiger partial charge >= 0.3 is 5.97 Å². The Balaban J connectivity index is 1.39. The van der Waals surface area contributed by atoms with Crippen molar-refractivity contribution in [2.75, 3.05) is 4.90 Å². The summed E-state index contributed by atoms with van der Waals surface area (Å²) in [5, 5.41) is 9.14. The molecule has 0 aliphatic carbocycles. The van der Waals surface area contributed by atoms with Crippen molar-refractivity contribution in [3.8, 4) is 16.2 Å². The second-order valence-corrected chi connectivity index (χ2v) is 11.7. The van der Waals surface area contributed by atoms with Gasteiger partial charge in [-0.05, 0) is 79.6 Å². The fraction of sp³-hybridized carbons (Fsp3) is 0.353. The van der Waals surface area contributed by atoms with Gasteiger partial charge in [-0.15, -0.1) is 11.3 Å². The molecule has 0 saturated heterocycles. The van der Waals surface area contributed by atoms with Crippen LogP contribution >= 0.6 is 11.3 Å². The summed E-state index contributed by atoms with van der Waals surface area (Å²) < 4.78 is 5.78. The maximum Gasteiger partial charge on any atom is 0.337 e. The summed E-state index contributed by atoms with van der Waals surface area (Å²) in [6.07, 6.45) is 7.80. The van der Waals surface area contributed by atoms with Gasteiger partial charge in [-0.1, -0.05) is 63.1 Å². The summed E-state index contributed by atoms with van der Waals surface area (Å²) in [5.74, 6) is 0.0936. The van der Waals surface area contributed by atoms with Gasteiger partial charge in [0.05, 0.1) is 11.8 Å². The van der Waals surface area contributed by atoms with E-state index in [1.165, 1.54) is 71.4 Å². The Morgan fingerprint density at radius 2 is 1.65 bits per heavy atom. The number of carboxylic acid groups (broad SMARTS) is 1. The van der Waals surface area contributed by atoms with E-state index in [4.69, 9.17) is 9.84 Å². The molecule has 0 fully saturated rings. The molecular weight excluding hydrogens is 516 g/mol. The molecule has 0 aliphatic heterocycles. The van der Waals surface area contributed by atoms with E-state index in [-0.39, 0.29) is 5.56 Å². The van der Waals surface area contributed by atoms with Gasteiger partial charge in [0.25, 0.3) is 0 Å². The number of benzene rings is 2. The fourth-order valence-electron chi connectivity index (χ4n) is 5.04. The van der Waals surface area contributed by atoms with Crippen LogP contribution in [0.15, 0.2) is 79.1 Å². The number of ether oxygens (including phenoxy) is 1. The van der Waals surface area contributed by atoms with Crippen molar-refractivity contribution in [2.24, 2.45) is 0 Å². The van der Waals surface area contributed by atoms with Crippen molar-refractivity contribution in [1.82, 2.24) is 4.98 Å².